The Kier molecular flexibility index (Phi) is 2.88. The second-order valence-corrected chi connectivity index (χ2v) is 6.25. The van der Waals surface area contributed by atoms with Crippen LogP contribution in [-0.4, -0.2) is 26.4 Å². The fourth-order valence-corrected chi connectivity index (χ4v) is 2.98. The highest BCUT2D eigenvalue weighted by molar-refractivity contribution is 5.99. The number of aliphatic hydroxyl groups is 1. The molecule has 1 aromatic heterocycles. The van der Waals surface area contributed by atoms with Gasteiger partial charge in [-0.1, -0.05) is 30.3 Å². The quantitative estimate of drug-likeness (QED) is 0.874. The van der Waals surface area contributed by atoms with E-state index in [1.54, 1.807) is 18.3 Å². The molecule has 1 atom stereocenters. The average Bonchev–Trinajstić information content (AvgIpc) is 2.70. The van der Waals surface area contributed by atoms with Gasteiger partial charge in [0.05, 0.1) is 0 Å². The Bertz CT molecular complexity index is 691. The molecule has 1 amide bonds. The first-order chi connectivity index (χ1) is 9.87. The van der Waals surface area contributed by atoms with E-state index in [0.717, 1.165) is 0 Å². The highest BCUT2D eigenvalue weighted by Crippen LogP contribution is 2.44. The average molecular weight is 282 g/mol. The van der Waals surface area contributed by atoms with E-state index in [0.29, 0.717) is 16.8 Å². The molecule has 0 saturated heterocycles. The molecule has 4 heteroatoms. The minimum absolute atomic E-state index is 0.246. The number of carbonyl (C=O) groups excluding carboxylic acids is 1. The van der Waals surface area contributed by atoms with Crippen molar-refractivity contribution in [2.75, 3.05) is 0 Å². The minimum Gasteiger partial charge on any atom is -0.363 e. The molecule has 4 nitrogen and oxygen atoms in total. The second kappa shape index (κ2) is 4.40. The predicted octanol–water partition coefficient (Wildman–Crippen LogP) is 2.53. The lowest BCUT2D eigenvalue weighted by Crippen LogP contribution is -2.54. The molecule has 1 aliphatic rings. The number of rotatable bonds is 1. The molecule has 21 heavy (non-hydrogen) atoms. The van der Waals surface area contributed by atoms with E-state index < -0.39 is 11.3 Å². The van der Waals surface area contributed by atoms with E-state index in [2.05, 4.69) is 4.98 Å². The normalized spacial score (nSPS) is 21.5. The molecule has 2 aromatic rings. The van der Waals surface area contributed by atoms with Gasteiger partial charge in [0.1, 0.15) is 5.69 Å². The summed E-state index contributed by atoms with van der Waals surface area (Å²) in [7, 11) is 0. The Hall–Kier alpha value is -2.20. The molecule has 0 bridgehead atoms. The lowest BCUT2D eigenvalue weighted by atomic mass is 9.92. The Morgan fingerprint density at radius 2 is 1.76 bits per heavy atom. The first kappa shape index (κ1) is 13.8. The Morgan fingerprint density at radius 3 is 2.38 bits per heavy atom. The summed E-state index contributed by atoms with van der Waals surface area (Å²) >= 11 is 0. The van der Waals surface area contributed by atoms with Crippen molar-refractivity contribution >= 4 is 5.91 Å². The van der Waals surface area contributed by atoms with Crippen molar-refractivity contribution in [2.24, 2.45) is 0 Å². The van der Waals surface area contributed by atoms with Crippen LogP contribution in [0.2, 0.25) is 0 Å². The highest BCUT2D eigenvalue weighted by atomic mass is 16.3. The van der Waals surface area contributed by atoms with Crippen LogP contribution >= 0.6 is 0 Å². The SMILES string of the molecule is CC(C)(C)N1C(=O)c2ncccc2C1(O)c1ccccc1. The molecule has 0 saturated carbocycles. The summed E-state index contributed by atoms with van der Waals surface area (Å²) in [6.07, 6.45) is 1.58. The van der Waals surface area contributed by atoms with Gasteiger partial charge >= 0.3 is 0 Å². The minimum atomic E-state index is -1.49. The van der Waals surface area contributed by atoms with E-state index in [1.165, 1.54) is 4.90 Å². The topological polar surface area (TPSA) is 53.4 Å². The fraction of sp³-hybridized carbons (Fsp3) is 0.294. The summed E-state index contributed by atoms with van der Waals surface area (Å²) in [5.41, 5.74) is -0.502. The van der Waals surface area contributed by atoms with Gasteiger partial charge in [-0.05, 0) is 32.9 Å². The van der Waals surface area contributed by atoms with Gasteiger partial charge in [0.25, 0.3) is 5.91 Å². The summed E-state index contributed by atoms with van der Waals surface area (Å²) in [4.78, 5) is 18.4. The zero-order chi connectivity index (χ0) is 15.3. The van der Waals surface area contributed by atoms with Crippen LogP contribution in [-0.2, 0) is 5.72 Å². The molecular weight excluding hydrogens is 264 g/mol. The van der Waals surface area contributed by atoms with Crippen molar-refractivity contribution in [1.29, 1.82) is 0 Å². The Balaban J connectivity index is 2.31. The van der Waals surface area contributed by atoms with Crippen LogP contribution in [0.4, 0.5) is 0 Å². The number of pyridine rings is 1. The number of benzene rings is 1. The molecule has 0 spiro atoms. The molecule has 1 aliphatic heterocycles. The first-order valence-electron chi connectivity index (χ1n) is 6.95. The standard InChI is InChI=1S/C17H18N2O2/c1-16(2,3)19-15(20)14-13(10-7-11-18-14)17(19,21)12-8-5-4-6-9-12/h4-11,21H,1-3H3. The Labute approximate surface area is 124 Å². The summed E-state index contributed by atoms with van der Waals surface area (Å²) in [5, 5.41) is 11.4. The summed E-state index contributed by atoms with van der Waals surface area (Å²) in [5.74, 6) is -0.246. The van der Waals surface area contributed by atoms with Gasteiger partial charge in [-0.2, -0.15) is 0 Å². The largest absolute Gasteiger partial charge is 0.363 e. The number of hydrogen-bond donors (Lipinski definition) is 1. The third kappa shape index (κ3) is 1.87. The monoisotopic (exact) mass is 282 g/mol. The van der Waals surface area contributed by atoms with Crippen molar-refractivity contribution < 1.29 is 9.90 Å². The molecule has 0 fully saturated rings. The lowest BCUT2D eigenvalue weighted by Gasteiger charge is -2.43. The Morgan fingerprint density at radius 1 is 1.10 bits per heavy atom. The third-order valence-corrected chi connectivity index (χ3v) is 3.76. The first-order valence-corrected chi connectivity index (χ1v) is 6.95. The predicted molar refractivity (Wildman–Crippen MR) is 79.6 cm³/mol. The van der Waals surface area contributed by atoms with Crippen molar-refractivity contribution in [3.05, 3.63) is 65.5 Å². The van der Waals surface area contributed by atoms with Gasteiger partial charge in [0.2, 0.25) is 0 Å². The van der Waals surface area contributed by atoms with Gasteiger partial charge < -0.3 is 5.11 Å². The number of carbonyl (C=O) groups is 1. The van der Waals surface area contributed by atoms with Crippen molar-refractivity contribution in [3.8, 4) is 0 Å². The molecular formula is C17H18N2O2. The molecule has 0 radical (unpaired) electrons. The van der Waals surface area contributed by atoms with Gasteiger partial charge in [-0.15, -0.1) is 0 Å². The molecule has 0 aliphatic carbocycles. The van der Waals surface area contributed by atoms with Crippen LogP contribution in [0.5, 0.6) is 0 Å². The number of amides is 1. The fourth-order valence-electron chi connectivity index (χ4n) is 2.98. The molecule has 108 valence electrons. The van der Waals surface area contributed by atoms with Crippen molar-refractivity contribution in [1.82, 2.24) is 9.88 Å². The maximum absolute atomic E-state index is 12.7. The zero-order valence-corrected chi connectivity index (χ0v) is 12.4. The van der Waals surface area contributed by atoms with Crippen LogP contribution < -0.4 is 0 Å². The number of aromatic nitrogens is 1. The second-order valence-electron chi connectivity index (χ2n) is 6.25. The molecule has 3 rings (SSSR count). The van der Waals surface area contributed by atoms with E-state index >= 15 is 0 Å². The van der Waals surface area contributed by atoms with Crippen molar-refractivity contribution in [3.63, 3.8) is 0 Å². The van der Waals surface area contributed by atoms with Gasteiger partial charge in [-0.25, -0.2) is 0 Å². The van der Waals surface area contributed by atoms with Crippen molar-refractivity contribution in [2.45, 2.75) is 32.0 Å². The molecule has 1 aromatic carbocycles. The number of fused-ring (bicyclic) bond motifs is 1. The lowest BCUT2D eigenvalue weighted by molar-refractivity contribution is -0.0876. The van der Waals surface area contributed by atoms with Gasteiger partial charge in [0.15, 0.2) is 5.72 Å². The molecule has 2 heterocycles. The van der Waals surface area contributed by atoms with Crippen LogP contribution in [0, 0.1) is 0 Å². The zero-order valence-electron chi connectivity index (χ0n) is 12.4. The van der Waals surface area contributed by atoms with Crippen LogP contribution in [0.15, 0.2) is 48.7 Å². The van der Waals surface area contributed by atoms with E-state index in [-0.39, 0.29) is 5.91 Å². The maximum Gasteiger partial charge on any atom is 0.276 e. The number of nitrogens with zero attached hydrogens (tertiary/aromatic N) is 2. The van der Waals surface area contributed by atoms with Crippen LogP contribution in [0.3, 0.4) is 0 Å². The van der Waals surface area contributed by atoms with E-state index in [4.69, 9.17) is 0 Å². The summed E-state index contributed by atoms with van der Waals surface area (Å²) in [6, 6.07) is 12.8. The number of hydrogen-bond acceptors (Lipinski definition) is 3. The summed E-state index contributed by atoms with van der Waals surface area (Å²) in [6.45, 7) is 5.72. The highest BCUT2D eigenvalue weighted by Gasteiger charge is 2.54. The van der Waals surface area contributed by atoms with Gasteiger partial charge in [-0.3, -0.25) is 14.7 Å². The summed E-state index contributed by atoms with van der Waals surface area (Å²) < 4.78 is 0. The van der Waals surface area contributed by atoms with Gasteiger partial charge in [0, 0.05) is 22.9 Å². The van der Waals surface area contributed by atoms with E-state index in [9.17, 15) is 9.90 Å². The smallest absolute Gasteiger partial charge is 0.276 e. The molecule has 1 N–H and O–H groups in total. The van der Waals surface area contributed by atoms with Crippen LogP contribution in [0.25, 0.3) is 0 Å². The van der Waals surface area contributed by atoms with Crippen LogP contribution in [0.1, 0.15) is 42.4 Å². The third-order valence-electron chi connectivity index (χ3n) is 3.76. The van der Waals surface area contributed by atoms with E-state index in [1.807, 2.05) is 51.1 Å². The maximum atomic E-state index is 12.7. The molecule has 1 unspecified atom stereocenters.